The number of pyridine rings is 2. The van der Waals surface area contributed by atoms with Crippen LogP contribution in [0.4, 0.5) is 0 Å². The van der Waals surface area contributed by atoms with Gasteiger partial charge in [0.15, 0.2) is 0 Å². The Morgan fingerprint density at radius 2 is 2.18 bits per heavy atom. The molecule has 1 aliphatic rings. The maximum Gasteiger partial charge on any atom is 0.266 e. The first-order valence-electron chi connectivity index (χ1n) is 6.84. The van der Waals surface area contributed by atoms with Gasteiger partial charge in [0.1, 0.15) is 11.1 Å². The average Bonchev–Trinajstić information content (AvgIpc) is 2.57. The molecule has 0 radical (unpaired) electrons. The van der Waals surface area contributed by atoms with E-state index in [0.717, 1.165) is 5.56 Å². The number of carbonyl (C=O) groups is 1. The van der Waals surface area contributed by atoms with Gasteiger partial charge in [-0.15, -0.1) is 0 Å². The van der Waals surface area contributed by atoms with Crippen LogP contribution in [-0.4, -0.2) is 40.5 Å². The summed E-state index contributed by atoms with van der Waals surface area (Å²) in [4.78, 5) is 31.9. The van der Waals surface area contributed by atoms with Crippen LogP contribution < -0.4 is 5.56 Å². The van der Waals surface area contributed by atoms with E-state index in [4.69, 9.17) is 16.3 Å². The van der Waals surface area contributed by atoms with Crippen molar-refractivity contribution in [1.29, 1.82) is 0 Å². The minimum absolute atomic E-state index is 0.00444. The number of aromatic nitrogens is 2. The highest BCUT2D eigenvalue weighted by Gasteiger charge is 2.26. The molecule has 1 N–H and O–H groups in total. The average molecular weight is 320 g/mol. The summed E-state index contributed by atoms with van der Waals surface area (Å²) in [5.74, 6) is -0.180. The lowest BCUT2D eigenvalue weighted by Crippen LogP contribution is -2.42. The van der Waals surface area contributed by atoms with Crippen molar-refractivity contribution in [3.63, 3.8) is 0 Å². The van der Waals surface area contributed by atoms with Crippen molar-refractivity contribution >= 4 is 17.5 Å². The lowest BCUT2D eigenvalue weighted by molar-refractivity contribution is -0.0228. The van der Waals surface area contributed by atoms with Gasteiger partial charge in [-0.2, -0.15) is 0 Å². The molecule has 0 saturated carbocycles. The predicted octanol–water partition coefficient (Wildman–Crippen LogP) is 1.64. The number of carbonyl (C=O) groups excluding carboxylic acids is 1. The zero-order chi connectivity index (χ0) is 15.5. The van der Waals surface area contributed by atoms with Gasteiger partial charge < -0.3 is 14.6 Å². The minimum Gasteiger partial charge on any atom is -0.370 e. The van der Waals surface area contributed by atoms with Gasteiger partial charge in [0.25, 0.3) is 11.5 Å². The van der Waals surface area contributed by atoms with E-state index in [2.05, 4.69) is 9.97 Å². The molecule has 114 valence electrons. The quantitative estimate of drug-likeness (QED) is 0.913. The number of nitrogens with one attached hydrogen (secondary N) is 1. The number of ether oxygens (including phenoxy) is 1. The number of nitrogens with zero attached hydrogens (tertiary/aromatic N) is 2. The number of morpholine rings is 1. The van der Waals surface area contributed by atoms with Crippen LogP contribution in [0.3, 0.4) is 0 Å². The summed E-state index contributed by atoms with van der Waals surface area (Å²) in [7, 11) is 0. The third-order valence-electron chi connectivity index (χ3n) is 3.54. The summed E-state index contributed by atoms with van der Waals surface area (Å²) in [6.45, 7) is 1.40. The molecule has 2 aromatic heterocycles. The molecule has 1 aliphatic heterocycles. The summed E-state index contributed by atoms with van der Waals surface area (Å²) < 4.78 is 5.72. The van der Waals surface area contributed by atoms with Crippen molar-refractivity contribution in [1.82, 2.24) is 14.9 Å². The number of hydrogen-bond acceptors (Lipinski definition) is 4. The van der Waals surface area contributed by atoms with Crippen molar-refractivity contribution in [3.8, 4) is 0 Å². The highest BCUT2D eigenvalue weighted by Crippen LogP contribution is 2.22. The molecule has 7 heteroatoms. The summed E-state index contributed by atoms with van der Waals surface area (Å²) in [5, 5.41) is 0.00444. The number of amides is 1. The highest BCUT2D eigenvalue weighted by atomic mass is 35.5. The largest absolute Gasteiger partial charge is 0.370 e. The molecule has 2 aromatic rings. The number of rotatable bonds is 2. The van der Waals surface area contributed by atoms with Gasteiger partial charge in [0.2, 0.25) is 0 Å². The fourth-order valence-corrected chi connectivity index (χ4v) is 2.55. The number of aromatic amines is 1. The molecule has 1 saturated heterocycles. The fourth-order valence-electron chi connectivity index (χ4n) is 2.38. The topological polar surface area (TPSA) is 75.3 Å². The van der Waals surface area contributed by atoms with E-state index in [0.29, 0.717) is 25.3 Å². The SMILES string of the molecule is O=C(c1c[nH]c(=O)c(Cl)c1)N1CCOC(c2ccncc2)C1. The third kappa shape index (κ3) is 3.03. The number of halogens is 1. The molecule has 0 bridgehead atoms. The molecule has 22 heavy (non-hydrogen) atoms. The maximum absolute atomic E-state index is 12.5. The zero-order valence-electron chi connectivity index (χ0n) is 11.7. The second-order valence-electron chi connectivity index (χ2n) is 4.96. The lowest BCUT2D eigenvalue weighted by Gasteiger charge is -2.33. The monoisotopic (exact) mass is 319 g/mol. The molecule has 1 atom stereocenters. The van der Waals surface area contributed by atoms with E-state index in [1.54, 1.807) is 17.3 Å². The number of H-pyrrole nitrogens is 1. The first kappa shape index (κ1) is 14.7. The summed E-state index contributed by atoms with van der Waals surface area (Å²) in [5.41, 5.74) is 0.932. The van der Waals surface area contributed by atoms with Crippen LogP contribution in [0.15, 0.2) is 41.6 Å². The van der Waals surface area contributed by atoms with Crippen molar-refractivity contribution in [3.05, 3.63) is 63.3 Å². The lowest BCUT2D eigenvalue weighted by atomic mass is 10.1. The molecular weight excluding hydrogens is 306 g/mol. The molecule has 1 unspecified atom stereocenters. The second kappa shape index (κ2) is 6.29. The van der Waals surface area contributed by atoms with Crippen LogP contribution in [0.25, 0.3) is 0 Å². The Labute approximate surface area is 131 Å². The molecule has 3 rings (SSSR count). The standard InChI is InChI=1S/C15H14ClN3O3/c16-12-7-11(8-18-14(12)20)15(21)19-5-6-22-13(9-19)10-1-3-17-4-2-10/h1-4,7-8,13H,5-6,9H2,(H,18,20). The Morgan fingerprint density at radius 3 is 2.91 bits per heavy atom. The summed E-state index contributed by atoms with van der Waals surface area (Å²) in [6.07, 6.45) is 4.59. The van der Waals surface area contributed by atoms with Gasteiger partial charge in [-0.25, -0.2) is 0 Å². The van der Waals surface area contributed by atoms with Crippen molar-refractivity contribution < 1.29 is 9.53 Å². The van der Waals surface area contributed by atoms with Crippen molar-refractivity contribution in [2.45, 2.75) is 6.10 Å². The molecule has 0 aromatic carbocycles. The molecule has 3 heterocycles. The van der Waals surface area contributed by atoms with Crippen LogP contribution in [-0.2, 0) is 4.74 Å². The van der Waals surface area contributed by atoms with Crippen LogP contribution in [0.1, 0.15) is 22.0 Å². The summed E-state index contributed by atoms with van der Waals surface area (Å²) in [6, 6.07) is 5.13. The van der Waals surface area contributed by atoms with E-state index < -0.39 is 5.56 Å². The second-order valence-corrected chi connectivity index (χ2v) is 5.36. The van der Waals surface area contributed by atoms with Crippen molar-refractivity contribution in [2.75, 3.05) is 19.7 Å². The molecule has 6 nitrogen and oxygen atoms in total. The Kier molecular flexibility index (Phi) is 4.22. The van der Waals surface area contributed by atoms with E-state index >= 15 is 0 Å². The van der Waals surface area contributed by atoms with Crippen LogP contribution in [0.2, 0.25) is 5.02 Å². The molecule has 1 fully saturated rings. The van der Waals surface area contributed by atoms with Crippen LogP contribution in [0, 0.1) is 0 Å². The van der Waals surface area contributed by atoms with Crippen LogP contribution in [0.5, 0.6) is 0 Å². The summed E-state index contributed by atoms with van der Waals surface area (Å²) >= 11 is 5.78. The normalized spacial score (nSPS) is 18.2. The molecule has 0 spiro atoms. The predicted molar refractivity (Wildman–Crippen MR) is 80.9 cm³/mol. The maximum atomic E-state index is 12.5. The Hall–Kier alpha value is -2.18. The van der Waals surface area contributed by atoms with Gasteiger partial charge in [-0.3, -0.25) is 14.6 Å². The fraction of sp³-hybridized carbons (Fsp3) is 0.267. The van der Waals surface area contributed by atoms with Crippen molar-refractivity contribution in [2.24, 2.45) is 0 Å². The van der Waals surface area contributed by atoms with Gasteiger partial charge in [0.05, 0.1) is 18.7 Å². The van der Waals surface area contributed by atoms with Gasteiger partial charge >= 0.3 is 0 Å². The van der Waals surface area contributed by atoms with E-state index in [1.165, 1.54) is 12.3 Å². The molecular formula is C15H14ClN3O3. The minimum atomic E-state index is -0.408. The Morgan fingerprint density at radius 1 is 1.41 bits per heavy atom. The smallest absolute Gasteiger partial charge is 0.266 e. The first-order chi connectivity index (χ1) is 10.6. The third-order valence-corrected chi connectivity index (χ3v) is 3.82. The Bertz CT molecular complexity index is 732. The highest BCUT2D eigenvalue weighted by molar-refractivity contribution is 6.30. The van der Waals surface area contributed by atoms with Gasteiger partial charge in [-0.1, -0.05) is 11.6 Å². The van der Waals surface area contributed by atoms with Gasteiger partial charge in [-0.05, 0) is 23.8 Å². The first-order valence-corrected chi connectivity index (χ1v) is 7.22. The van der Waals surface area contributed by atoms with E-state index in [1.807, 2.05) is 12.1 Å². The van der Waals surface area contributed by atoms with Crippen LogP contribution >= 0.6 is 11.6 Å². The number of hydrogen-bond donors (Lipinski definition) is 1. The Balaban J connectivity index is 1.78. The van der Waals surface area contributed by atoms with Gasteiger partial charge in [0, 0.05) is 25.1 Å². The molecule has 0 aliphatic carbocycles. The zero-order valence-corrected chi connectivity index (χ0v) is 12.4. The van der Waals surface area contributed by atoms with E-state index in [9.17, 15) is 9.59 Å². The molecule has 1 amide bonds. The van der Waals surface area contributed by atoms with E-state index in [-0.39, 0.29) is 17.0 Å².